The lowest BCUT2D eigenvalue weighted by Gasteiger charge is -2.56. The van der Waals surface area contributed by atoms with Gasteiger partial charge in [-0.3, -0.25) is 4.79 Å². The molecule has 0 unspecified atom stereocenters. The third kappa shape index (κ3) is 3.57. The fraction of sp³-hybridized carbons (Fsp3) is 0.522. The van der Waals surface area contributed by atoms with Crippen molar-refractivity contribution in [2.45, 2.75) is 57.6 Å². The fourth-order valence-corrected chi connectivity index (χ4v) is 6.92. The van der Waals surface area contributed by atoms with E-state index in [0.717, 1.165) is 44.5 Å². The van der Waals surface area contributed by atoms with E-state index < -0.39 is 0 Å². The van der Waals surface area contributed by atoms with E-state index >= 15 is 0 Å². The molecule has 1 aromatic carbocycles. The molecule has 0 atom stereocenters. The predicted octanol–water partition coefficient (Wildman–Crippen LogP) is 5.99. The number of aryl methyl sites for hydroxylation is 1. The molecule has 3 nitrogen and oxygen atoms in total. The first kappa shape index (κ1) is 18.5. The van der Waals surface area contributed by atoms with Crippen LogP contribution in [0.15, 0.2) is 29.6 Å². The maximum Gasteiger partial charge on any atom is 0.261 e. The van der Waals surface area contributed by atoms with Crippen molar-refractivity contribution in [2.75, 3.05) is 0 Å². The zero-order valence-electron chi connectivity index (χ0n) is 16.2. The quantitative estimate of drug-likeness (QED) is 0.651. The molecule has 4 aliphatic rings. The van der Waals surface area contributed by atoms with Crippen LogP contribution in [0.1, 0.15) is 59.3 Å². The Balaban J connectivity index is 1.22. The maximum absolute atomic E-state index is 12.9. The Morgan fingerprint density at radius 1 is 1.18 bits per heavy atom. The van der Waals surface area contributed by atoms with E-state index in [9.17, 15) is 4.79 Å². The van der Waals surface area contributed by atoms with Crippen molar-refractivity contribution in [1.82, 2.24) is 5.32 Å². The third-order valence-electron chi connectivity index (χ3n) is 6.83. The van der Waals surface area contributed by atoms with E-state index in [0.29, 0.717) is 6.61 Å². The molecular formula is C23H26ClNO2S. The van der Waals surface area contributed by atoms with Crippen LogP contribution in [0.2, 0.25) is 5.02 Å². The van der Waals surface area contributed by atoms with Crippen molar-refractivity contribution >= 4 is 28.8 Å². The van der Waals surface area contributed by atoms with Gasteiger partial charge in [0.15, 0.2) is 0 Å². The fourth-order valence-electron chi connectivity index (χ4n) is 6.01. The van der Waals surface area contributed by atoms with Gasteiger partial charge >= 0.3 is 0 Å². The Morgan fingerprint density at radius 3 is 2.50 bits per heavy atom. The number of nitrogens with one attached hydrogen (secondary N) is 1. The number of ether oxygens (including phenoxy) is 1. The van der Waals surface area contributed by atoms with Gasteiger partial charge in [0, 0.05) is 16.1 Å². The van der Waals surface area contributed by atoms with E-state index in [1.54, 1.807) is 0 Å². The van der Waals surface area contributed by atoms with Crippen molar-refractivity contribution < 1.29 is 9.53 Å². The zero-order valence-corrected chi connectivity index (χ0v) is 17.7. The first-order chi connectivity index (χ1) is 13.5. The normalized spacial score (nSPS) is 30.4. The lowest BCUT2D eigenvalue weighted by molar-refractivity contribution is -0.0166. The molecule has 148 valence electrons. The van der Waals surface area contributed by atoms with Crippen LogP contribution in [0.4, 0.5) is 0 Å². The standard InChI is InChI=1S/C23H26ClNO2S/c1-14-4-19(2-3-20(14)24)27-12-18-8-21(28-13-18)22(26)25-23-9-15-5-16(10-23)7-17(6-15)11-23/h2-4,8,13,15-17H,5-7,9-12H2,1H3,(H,25,26). The van der Waals surface area contributed by atoms with Crippen LogP contribution in [0, 0.1) is 24.7 Å². The molecule has 0 aliphatic heterocycles. The second kappa shape index (κ2) is 7.07. The lowest BCUT2D eigenvalue weighted by atomic mass is 9.53. The molecule has 1 aromatic heterocycles. The van der Waals surface area contributed by atoms with Gasteiger partial charge in [-0.2, -0.15) is 0 Å². The van der Waals surface area contributed by atoms with Crippen LogP contribution in [0.3, 0.4) is 0 Å². The molecule has 4 saturated carbocycles. The Labute approximate surface area is 175 Å². The average molecular weight is 416 g/mol. The molecule has 1 amide bonds. The van der Waals surface area contributed by atoms with E-state index in [1.165, 1.54) is 49.9 Å². The molecular weight excluding hydrogens is 390 g/mol. The molecule has 0 saturated heterocycles. The van der Waals surface area contributed by atoms with Gasteiger partial charge in [0.05, 0.1) is 4.88 Å². The highest BCUT2D eigenvalue weighted by molar-refractivity contribution is 7.12. The van der Waals surface area contributed by atoms with Gasteiger partial charge in [0.25, 0.3) is 5.91 Å². The predicted molar refractivity (Wildman–Crippen MR) is 113 cm³/mol. The number of hydrogen-bond donors (Lipinski definition) is 1. The van der Waals surface area contributed by atoms with Crippen molar-refractivity contribution in [3.05, 3.63) is 50.7 Å². The zero-order chi connectivity index (χ0) is 19.3. The molecule has 4 bridgehead atoms. The van der Waals surface area contributed by atoms with Gasteiger partial charge in [0.1, 0.15) is 12.4 Å². The summed E-state index contributed by atoms with van der Waals surface area (Å²) < 4.78 is 5.87. The molecule has 0 spiro atoms. The van der Waals surface area contributed by atoms with Crippen LogP contribution >= 0.6 is 22.9 Å². The Bertz CT molecular complexity index is 870. The summed E-state index contributed by atoms with van der Waals surface area (Å²) in [5, 5.41) is 6.22. The van der Waals surface area contributed by atoms with E-state index in [1.807, 2.05) is 36.6 Å². The number of benzene rings is 1. The number of thiophene rings is 1. The average Bonchev–Trinajstić information content (AvgIpc) is 3.10. The lowest BCUT2D eigenvalue weighted by Crippen LogP contribution is -2.59. The van der Waals surface area contributed by atoms with Crippen LogP contribution in [0.25, 0.3) is 0 Å². The molecule has 0 radical (unpaired) electrons. The minimum absolute atomic E-state index is 0.0628. The van der Waals surface area contributed by atoms with Crippen molar-refractivity contribution in [3.63, 3.8) is 0 Å². The summed E-state index contributed by atoms with van der Waals surface area (Å²) in [5.41, 5.74) is 2.10. The smallest absolute Gasteiger partial charge is 0.261 e. The largest absolute Gasteiger partial charge is 0.489 e. The number of amides is 1. The van der Waals surface area contributed by atoms with Crippen molar-refractivity contribution in [1.29, 1.82) is 0 Å². The Kier molecular flexibility index (Phi) is 4.67. The van der Waals surface area contributed by atoms with E-state index in [2.05, 4.69) is 5.32 Å². The van der Waals surface area contributed by atoms with Gasteiger partial charge in [-0.15, -0.1) is 11.3 Å². The summed E-state index contributed by atoms with van der Waals surface area (Å²) in [6.45, 7) is 2.43. The number of hydrogen-bond acceptors (Lipinski definition) is 3. The Hall–Kier alpha value is -1.52. The van der Waals surface area contributed by atoms with Crippen molar-refractivity contribution in [2.24, 2.45) is 17.8 Å². The summed E-state index contributed by atoms with van der Waals surface area (Å²) >= 11 is 7.58. The summed E-state index contributed by atoms with van der Waals surface area (Å²) in [6.07, 6.45) is 7.71. The molecule has 1 heterocycles. The second-order valence-electron chi connectivity index (χ2n) is 9.17. The highest BCUT2D eigenvalue weighted by atomic mass is 35.5. The van der Waals surface area contributed by atoms with Crippen molar-refractivity contribution in [3.8, 4) is 5.75 Å². The second-order valence-corrected chi connectivity index (χ2v) is 10.5. The summed E-state index contributed by atoms with van der Waals surface area (Å²) in [5.74, 6) is 3.40. The minimum Gasteiger partial charge on any atom is -0.489 e. The molecule has 2 aromatic rings. The van der Waals surface area contributed by atoms with Gasteiger partial charge in [0.2, 0.25) is 0 Å². The summed E-state index contributed by atoms with van der Waals surface area (Å²) in [6, 6.07) is 7.64. The SMILES string of the molecule is Cc1cc(OCc2csc(C(=O)NC34CC5CC(CC(C5)C3)C4)c2)ccc1Cl. The monoisotopic (exact) mass is 415 g/mol. The van der Waals surface area contributed by atoms with E-state index in [-0.39, 0.29) is 11.4 Å². The van der Waals surface area contributed by atoms with E-state index in [4.69, 9.17) is 16.3 Å². The molecule has 4 fully saturated rings. The first-order valence-electron chi connectivity index (χ1n) is 10.3. The third-order valence-corrected chi connectivity index (χ3v) is 8.23. The van der Waals surface area contributed by atoms with Gasteiger partial charge < -0.3 is 10.1 Å². The number of carbonyl (C=O) groups is 1. The van der Waals surface area contributed by atoms with Crippen LogP contribution in [-0.2, 0) is 6.61 Å². The molecule has 6 rings (SSSR count). The van der Waals surface area contributed by atoms with Gasteiger partial charge in [-0.25, -0.2) is 0 Å². The summed E-state index contributed by atoms with van der Waals surface area (Å²) in [4.78, 5) is 13.7. The maximum atomic E-state index is 12.9. The first-order valence-corrected chi connectivity index (χ1v) is 11.5. The number of carbonyl (C=O) groups excluding carboxylic acids is 1. The topological polar surface area (TPSA) is 38.3 Å². The number of rotatable bonds is 5. The highest BCUT2D eigenvalue weighted by Crippen LogP contribution is 2.55. The van der Waals surface area contributed by atoms with Crippen LogP contribution in [-0.4, -0.2) is 11.4 Å². The number of halogens is 1. The van der Waals surface area contributed by atoms with Gasteiger partial charge in [-0.05, 0) is 98.4 Å². The van der Waals surface area contributed by atoms with Gasteiger partial charge in [-0.1, -0.05) is 11.6 Å². The molecule has 4 aliphatic carbocycles. The van der Waals surface area contributed by atoms with Crippen LogP contribution in [0.5, 0.6) is 5.75 Å². The highest BCUT2D eigenvalue weighted by Gasteiger charge is 2.51. The minimum atomic E-state index is 0.0628. The Morgan fingerprint density at radius 2 is 1.86 bits per heavy atom. The summed E-state index contributed by atoms with van der Waals surface area (Å²) in [7, 11) is 0. The molecule has 1 N–H and O–H groups in total. The molecule has 28 heavy (non-hydrogen) atoms. The molecule has 5 heteroatoms. The van der Waals surface area contributed by atoms with Crippen LogP contribution < -0.4 is 10.1 Å².